The maximum absolute atomic E-state index is 14.3. The van der Waals surface area contributed by atoms with Gasteiger partial charge in [0.1, 0.15) is 17.5 Å². The molecule has 0 bridgehead atoms. The molecule has 2 N–H and O–H groups in total. The molecule has 0 radical (unpaired) electrons. The highest BCUT2D eigenvalue weighted by Crippen LogP contribution is 2.39. The Morgan fingerprint density at radius 2 is 2.00 bits per heavy atom. The van der Waals surface area contributed by atoms with E-state index in [1.165, 1.54) is 18.2 Å². The van der Waals surface area contributed by atoms with Crippen LogP contribution in [0.4, 0.5) is 10.1 Å². The summed E-state index contributed by atoms with van der Waals surface area (Å²) in [6.07, 6.45) is 10.4. The summed E-state index contributed by atoms with van der Waals surface area (Å²) >= 11 is 0. The number of benzene rings is 1. The number of hydrogen-bond donors (Lipinski definition) is 2. The Morgan fingerprint density at radius 3 is 2.68 bits per heavy atom. The van der Waals surface area contributed by atoms with E-state index in [9.17, 15) is 14.3 Å². The average Bonchev–Trinajstić information content (AvgIpc) is 3.52. The van der Waals surface area contributed by atoms with Gasteiger partial charge in [0.25, 0.3) is 0 Å². The van der Waals surface area contributed by atoms with Gasteiger partial charge in [0.15, 0.2) is 0 Å². The summed E-state index contributed by atoms with van der Waals surface area (Å²) < 4.78 is 16.4. The highest BCUT2D eigenvalue weighted by atomic mass is 19.1. The number of pyridine rings is 1. The van der Waals surface area contributed by atoms with Crippen LogP contribution in [-0.4, -0.2) is 76.1 Å². The maximum atomic E-state index is 14.3. The molecule has 3 atom stereocenters. The maximum Gasteiger partial charge on any atom is 0.320 e. The molecule has 0 amide bonds. The van der Waals surface area contributed by atoms with Crippen LogP contribution in [0.25, 0.3) is 5.65 Å². The first kappa shape index (κ1) is 28.1. The molecule has 3 aliphatic rings. The summed E-state index contributed by atoms with van der Waals surface area (Å²) in [5, 5.41) is 10.1. The first-order valence-electron chi connectivity index (χ1n) is 15.1. The molecule has 220 valence electrons. The number of anilines is 1. The second-order valence-electron chi connectivity index (χ2n) is 12.4. The third kappa shape index (κ3) is 5.98. The van der Waals surface area contributed by atoms with E-state index >= 15 is 0 Å². The molecule has 3 fully saturated rings. The molecule has 1 saturated carbocycles. The molecule has 2 saturated heterocycles. The minimum Gasteiger partial charge on any atom is -0.480 e. The number of carbonyl (C=O) groups is 1. The van der Waals surface area contributed by atoms with E-state index in [1.54, 1.807) is 19.2 Å². The number of hydrogen-bond acceptors (Lipinski definition) is 6. The van der Waals surface area contributed by atoms with Crippen LogP contribution in [0.2, 0.25) is 0 Å². The topological polar surface area (TPSA) is 82.3 Å². The standard InChI is InChI=1S/C32H42FN5O3/c1-21-13-31-34-16-30(38(31)20-28(21)35-41-2)23-9-11-36(12-10-23)17-25-18-37(29(32(39)40)14-22-5-3-6-22)19-27(25)24-7-4-8-26(33)15-24/h4,7-8,13,15-16,20,22-23,25,27,29,35H,3,5-6,9-12,14,17-19H2,1-2H3,(H,39,40)/t25-,27?,29?/m0/s1. The Bertz CT molecular complexity index is 1370. The van der Waals surface area contributed by atoms with Gasteiger partial charge in [0, 0.05) is 49.6 Å². The molecular formula is C32H42FN5O3. The van der Waals surface area contributed by atoms with Crippen molar-refractivity contribution in [2.45, 2.75) is 63.3 Å². The zero-order valence-corrected chi connectivity index (χ0v) is 24.1. The number of rotatable bonds is 10. The lowest BCUT2D eigenvalue weighted by Crippen LogP contribution is -2.43. The van der Waals surface area contributed by atoms with E-state index < -0.39 is 12.0 Å². The van der Waals surface area contributed by atoms with Crippen LogP contribution in [0.15, 0.2) is 42.7 Å². The number of nitrogens with one attached hydrogen (secondary N) is 1. The summed E-state index contributed by atoms with van der Waals surface area (Å²) in [7, 11) is 1.62. The smallest absolute Gasteiger partial charge is 0.320 e. The van der Waals surface area contributed by atoms with Crippen molar-refractivity contribution in [2.75, 3.05) is 45.3 Å². The van der Waals surface area contributed by atoms with Crippen molar-refractivity contribution < 1.29 is 19.1 Å². The lowest BCUT2D eigenvalue weighted by Gasteiger charge is -2.35. The zero-order valence-electron chi connectivity index (χ0n) is 24.1. The number of nitrogens with zero attached hydrogens (tertiary/aromatic N) is 4. The number of aromatic nitrogens is 2. The van der Waals surface area contributed by atoms with Gasteiger partial charge in [-0.15, -0.1) is 0 Å². The second-order valence-corrected chi connectivity index (χ2v) is 12.4. The highest BCUT2D eigenvalue weighted by Gasteiger charge is 2.41. The summed E-state index contributed by atoms with van der Waals surface area (Å²) in [4.78, 5) is 26.9. The van der Waals surface area contributed by atoms with Crippen LogP contribution in [-0.2, 0) is 9.63 Å². The van der Waals surface area contributed by atoms with E-state index in [4.69, 9.17) is 4.84 Å². The van der Waals surface area contributed by atoms with Crippen molar-refractivity contribution in [3.8, 4) is 0 Å². The lowest BCUT2D eigenvalue weighted by atomic mass is 9.80. The van der Waals surface area contributed by atoms with E-state index in [0.717, 1.165) is 80.7 Å². The van der Waals surface area contributed by atoms with E-state index in [-0.39, 0.29) is 17.7 Å². The normalized spacial score (nSPS) is 23.6. The number of carboxylic acid groups (broad SMARTS) is 1. The number of likely N-dealkylation sites (tertiary alicyclic amines) is 2. The Morgan fingerprint density at radius 1 is 1.20 bits per heavy atom. The Hall–Kier alpha value is -3.01. The number of fused-ring (bicyclic) bond motifs is 1. The first-order valence-corrected chi connectivity index (χ1v) is 15.1. The molecule has 3 aromatic rings. The van der Waals surface area contributed by atoms with Gasteiger partial charge in [-0.05, 0) is 80.4 Å². The van der Waals surface area contributed by atoms with Crippen LogP contribution in [0, 0.1) is 24.6 Å². The summed E-state index contributed by atoms with van der Waals surface area (Å²) in [5.41, 5.74) is 8.15. The van der Waals surface area contributed by atoms with E-state index in [0.29, 0.717) is 18.4 Å². The molecule has 8 nitrogen and oxygen atoms in total. The van der Waals surface area contributed by atoms with Crippen LogP contribution in [0.5, 0.6) is 0 Å². The van der Waals surface area contributed by atoms with Gasteiger partial charge < -0.3 is 14.4 Å². The lowest BCUT2D eigenvalue weighted by molar-refractivity contribution is -0.144. The molecule has 9 heteroatoms. The van der Waals surface area contributed by atoms with Gasteiger partial charge in [-0.1, -0.05) is 31.4 Å². The molecule has 1 aliphatic carbocycles. The van der Waals surface area contributed by atoms with E-state index in [2.05, 4.69) is 36.9 Å². The van der Waals surface area contributed by atoms with Crippen molar-refractivity contribution in [1.29, 1.82) is 0 Å². The monoisotopic (exact) mass is 563 g/mol. The minimum absolute atomic E-state index is 0.125. The van der Waals surface area contributed by atoms with Crippen molar-refractivity contribution in [1.82, 2.24) is 19.2 Å². The van der Waals surface area contributed by atoms with Crippen LogP contribution in [0.1, 0.15) is 67.2 Å². The summed E-state index contributed by atoms with van der Waals surface area (Å²) in [6, 6.07) is 8.55. The molecule has 0 spiro atoms. The molecule has 2 unspecified atom stereocenters. The SMILES string of the molecule is CONc1cn2c(C3CCN(C[C@H]4CN(C(CC5CCC5)C(=O)O)CC4c4cccc(F)c4)CC3)cnc2cc1C. The quantitative estimate of drug-likeness (QED) is 0.324. The Labute approximate surface area is 241 Å². The summed E-state index contributed by atoms with van der Waals surface area (Å²) in [5.74, 6) is 0.378. The molecule has 4 heterocycles. The predicted octanol–water partition coefficient (Wildman–Crippen LogP) is 5.29. The minimum atomic E-state index is -0.719. The summed E-state index contributed by atoms with van der Waals surface area (Å²) in [6.45, 7) is 6.31. The number of piperidine rings is 1. The van der Waals surface area contributed by atoms with Crippen LogP contribution >= 0.6 is 0 Å². The van der Waals surface area contributed by atoms with Crippen LogP contribution in [0.3, 0.4) is 0 Å². The number of aryl methyl sites for hydroxylation is 1. The molecule has 2 aliphatic heterocycles. The van der Waals surface area contributed by atoms with Crippen molar-refractivity contribution >= 4 is 17.3 Å². The van der Waals surface area contributed by atoms with Crippen molar-refractivity contribution in [3.05, 3.63) is 65.4 Å². The second kappa shape index (κ2) is 12.1. The molecular weight excluding hydrogens is 521 g/mol. The third-order valence-electron chi connectivity index (χ3n) is 9.85. The highest BCUT2D eigenvalue weighted by molar-refractivity contribution is 5.73. The number of halogens is 1. The predicted molar refractivity (Wildman–Crippen MR) is 157 cm³/mol. The van der Waals surface area contributed by atoms with Gasteiger partial charge in [0.05, 0.1) is 12.8 Å². The zero-order chi connectivity index (χ0) is 28.5. The molecule has 6 rings (SSSR count). The van der Waals surface area contributed by atoms with Gasteiger partial charge in [-0.25, -0.2) is 9.37 Å². The fraction of sp³-hybridized carbons (Fsp3) is 0.562. The molecule has 2 aromatic heterocycles. The molecule has 1 aromatic carbocycles. The number of carboxylic acids is 1. The fourth-order valence-electron chi connectivity index (χ4n) is 7.31. The average molecular weight is 564 g/mol. The van der Waals surface area contributed by atoms with Gasteiger partial charge in [-0.2, -0.15) is 0 Å². The number of imidazole rings is 1. The Balaban J connectivity index is 1.15. The fourth-order valence-corrected chi connectivity index (χ4v) is 7.31. The largest absolute Gasteiger partial charge is 0.480 e. The molecule has 41 heavy (non-hydrogen) atoms. The van der Waals surface area contributed by atoms with Gasteiger partial charge >= 0.3 is 5.97 Å². The van der Waals surface area contributed by atoms with E-state index in [1.807, 2.05) is 19.2 Å². The van der Waals surface area contributed by atoms with Crippen molar-refractivity contribution in [3.63, 3.8) is 0 Å². The Kier molecular flexibility index (Phi) is 8.28. The van der Waals surface area contributed by atoms with Gasteiger partial charge in [-0.3, -0.25) is 20.0 Å². The van der Waals surface area contributed by atoms with Gasteiger partial charge in [0.2, 0.25) is 0 Å². The first-order chi connectivity index (χ1) is 19.9. The third-order valence-corrected chi connectivity index (χ3v) is 9.85. The van der Waals surface area contributed by atoms with Crippen molar-refractivity contribution in [2.24, 2.45) is 11.8 Å². The van der Waals surface area contributed by atoms with Crippen LogP contribution < -0.4 is 5.48 Å². The number of aliphatic carboxylic acids is 1.